The van der Waals surface area contributed by atoms with Crippen LogP contribution in [0.4, 0.5) is 0 Å². The molecule has 3 heteroatoms. The zero-order valence-corrected chi connectivity index (χ0v) is 10.9. The second-order valence-electron chi connectivity index (χ2n) is 5.81. The Labute approximate surface area is 100.0 Å². The van der Waals surface area contributed by atoms with Gasteiger partial charge in [-0.15, -0.1) is 0 Å². The van der Waals surface area contributed by atoms with Crippen LogP contribution in [0.2, 0.25) is 0 Å². The molecule has 1 atom stereocenters. The minimum absolute atomic E-state index is 0.674. The fourth-order valence-corrected chi connectivity index (χ4v) is 2.64. The molecular formula is C13H27N3. The fraction of sp³-hybridized carbons (Fsp3) is 1.00. The molecule has 0 amide bonds. The summed E-state index contributed by atoms with van der Waals surface area (Å²) in [6.45, 7) is 11.7. The van der Waals surface area contributed by atoms with Gasteiger partial charge in [0.1, 0.15) is 0 Å². The minimum Gasteiger partial charge on any atom is -0.330 e. The van der Waals surface area contributed by atoms with Gasteiger partial charge in [-0.3, -0.25) is 4.90 Å². The van der Waals surface area contributed by atoms with Crippen LogP contribution in [-0.2, 0) is 0 Å². The highest BCUT2D eigenvalue weighted by molar-refractivity contribution is 4.88. The van der Waals surface area contributed by atoms with Crippen LogP contribution in [0.15, 0.2) is 0 Å². The summed E-state index contributed by atoms with van der Waals surface area (Å²) in [5, 5.41) is 0. The number of nitrogens with two attached hydrogens (primary N) is 1. The molecule has 1 saturated heterocycles. The first kappa shape index (κ1) is 12.3. The van der Waals surface area contributed by atoms with Gasteiger partial charge in [-0.1, -0.05) is 13.8 Å². The molecule has 0 aromatic rings. The Morgan fingerprint density at radius 2 is 1.75 bits per heavy atom. The Bertz CT molecular complexity index is 205. The third-order valence-electron chi connectivity index (χ3n) is 4.21. The molecule has 2 fully saturated rings. The quantitative estimate of drug-likeness (QED) is 0.757. The van der Waals surface area contributed by atoms with Crippen LogP contribution in [0.1, 0.15) is 26.7 Å². The first-order chi connectivity index (χ1) is 7.70. The van der Waals surface area contributed by atoms with Crippen molar-refractivity contribution in [2.75, 3.05) is 39.3 Å². The van der Waals surface area contributed by atoms with Crippen molar-refractivity contribution in [3.63, 3.8) is 0 Å². The van der Waals surface area contributed by atoms with E-state index in [-0.39, 0.29) is 0 Å². The molecule has 2 aliphatic rings. The lowest BCUT2D eigenvalue weighted by atomic mass is 9.95. The van der Waals surface area contributed by atoms with Crippen molar-refractivity contribution in [1.82, 2.24) is 9.80 Å². The van der Waals surface area contributed by atoms with Gasteiger partial charge in [0.25, 0.3) is 0 Å². The maximum Gasteiger partial charge on any atom is 0.0113 e. The predicted molar refractivity (Wildman–Crippen MR) is 68.4 cm³/mol. The number of piperazine rings is 1. The second kappa shape index (κ2) is 5.48. The lowest BCUT2D eigenvalue weighted by molar-refractivity contribution is 0.105. The average molecular weight is 225 g/mol. The van der Waals surface area contributed by atoms with Gasteiger partial charge in [0.2, 0.25) is 0 Å². The number of rotatable bonds is 5. The van der Waals surface area contributed by atoms with Crippen molar-refractivity contribution in [2.24, 2.45) is 17.6 Å². The van der Waals surface area contributed by atoms with E-state index in [1.165, 1.54) is 45.6 Å². The molecule has 0 radical (unpaired) electrons. The van der Waals surface area contributed by atoms with Crippen molar-refractivity contribution in [3.05, 3.63) is 0 Å². The van der Waals surface area contributed by atoms with Gasteiger partial charge >= 0.3 is 0 Å². The first-order valence-corrected chi connectivity index (χ1v) is 6.87. The molecule has 0 bridgehead atoms. The Morgan fingerprint density at radius 3 is 2.19 bits per heavy atom. The third-order valence-corrected chi connectivity index (χ3v) is 4.21. The summed E-state index contributed by atoms with van der Waals surface area (Å²) in [4.78, 5) is 5.28. The van der Waals surface area contributed by atoms with Gasteiger partial charge in [0.05, 0.1) is 0 Å². The van der Waals surface area contributed by atoms with Gasteiger partial charge < -0.3 is 10.6 Å². The van der Waals surface area contributed by atoms with Crippen LogP contribution in [0.5, 0.6) is 0 Å². The summed E-state index contributed by atoms with van der Waals surface area (Å²) in [6.07, 6.45) is 2.88. The van der Waals surface area contributed by atoms with Gasteiger partial charge in [0, 0.05) is 38.8 Å². The molecule has 3 nitrogen and oxygen atoms in total. The van der Waals surface area contributed by atoms with E-state index in [0.717, 1.165) is 12.6 Å². The van der Waals surface area contributed by atoms with E-state index in [2.05, 4.69) is 23.6 Å². The third kappa shape index (κ3) is 3.19. The largest absolute Gasteiger partial charge is 0.330 e. The maximum atomic E-state index is 5.84. The molecule has 16 heavy (non-hydrogen) atoms. The topological polar surface area (TPSA) is 32.5 Å². The van der Waals surface area contributed by atoms with Crippen LogP contribution in [-0.4, -0.2) is 55.1 Å². The molecule has 0 aromatic heterocycles. The lowest BCUT2D eigenvalue weighted by Crippen LogP contribution is -2.49. The van der Waals surface area contributed by atoms with E-state index >= 15 is 0 Å². The van der Waals surface area contributed by atoms with Crippen molar-refractivity contribution in [1.29, 1.82) is 0 Å². The molecule has 1 unspecified atom stereocenters. The van der Waals surface area contributed by atoms with Crippen molar-refractivity contribution in [3.8, 4) is 0 Å². The van der Waals surface area contributed by atoms with Crippen molar-refractivity contribution in [2.45, 2.75) is 32.7 Å². The summed E-state index contributed by atoms with van der Waals surface area (Å²) < 4.78 is 0. The Morgan fingerprint density at radius 1 is 1.12 bits per heavy atom. The second-order valence-corrected chi connectivity index (χ2v) is 5.81. The minimum atomic E-state index is 0.674. The smallest absolute Gasteiger partial charge is 0.0113 e. The average Bonchev–Trinajstić information content (AvgIpc) is 3.10. The van der Waals surface area contributed by atoms with Crippen molar-refractivity contribution >= 4 is 0 Å². The van der Waals surface area contributed by atoms with Gasteiger partial charge in [-0.2, -0.15) is 0 Å². The van der Waals surface area contributed by atoms with Gasteiger partial charge in [-0.05, 0) is 31.2 Å². The molecule has 0 aromatic carbocycles. The van der Waals surface area contributed by atoms with Gasteiger partial charge in [-0.25, -0.2) is 0 Å². The van der Waals surface area contributed by atoms with Crippen LogP contribution in [0.3, 0.4) is 0 Å². The summed E-state index contributed by atoms with van der Waals surface area (Å²) in [6, 6.07) is 0.942. The molecule has 1 saturated carbocycles. The molecule has 1 aliphatic heterocycles. The van der Waals surface area contributed by atoms with Crippen LogP contribution in [0.25, 0.3) is 0 Å². The highest BCUT2D eigenvalue weighted by Gasteiger charge is 2.31. The Hall–Kier alpha value is -0.120. The van der Waals surface area contributed by atoms with Crippen LogP contribution < -0.4 is 5.73 Å². The molecule has 0 spiro atoms. The van der Waals surface area contributed by atoms with Crippen LogP contribution in [0, 0.1) is 11.8 Å². The fourth-order valence-electron chi connectivity index (χ4n) is 2.64. The van der Waals surface area contributed by atoms with Crippen LogP contribution >= 0.6 is 0 Å². The monoisotopic (exact) mass is 225 g/mol. The molecule has 2 rings (SSSR count). The first-order valence-electron chi connectivity index (χ1n) is 6.87. The zero-order chi connectivity index (χ0) is 11.5. The number of hydrogen-bond donors (Lipinski definition) is 1. The van der Waals surface area contributed by atoms with E-state index in [9.17, 15) is 0 Å². The number of nitrogens with zero attached hydrogens (tertiary/aromatic N) is 2. The summed E-state index contributed by atoms with van der Waals surface area (Å²) in [7, 11) is 0. The Kier molecular flexibility index (Phi) is 4.22. The predicted octanol–water partition coefficient (Wildman–Crippen LogP) is 0.997. The van der Waals surface area contributed by atoms with E-state index in [1.54, 1.807) is 0 Å². The summed E-state index contributed by atoms with van der Waals surface area (Å²) in [5.74, 6) is 1.39. The van der Waals surface area contributed by atoms with E-state index in [0.29, 0.717) is 11.8 Å². The summed E-state index contributed by atoms with van der Waals surface area (Å²) >= 11 is 0. The summed E-state index contributed by atoms with van der Waals surface area (Å²) in [5.41, 5.74) is 5.84. The molecule has 2 N–H and O–H groups in total. The lowest BCUT2D eigenvalue weighted by Gasteiger charge is -2.37. The maximum absolute atomic E-state index is 5.84. The van der Waals surface area contributed by atoms with E-state index in [1.807, 2.05) is 0 Å². The van der Waals surface area contributed by atoms with E-state index in [4.69, 9.17) is 5.73 Å². The molecule has 94 valence electrons. The standard InChI is InChI=1S/C13H27N3/c1-11(2)12(9-14)10-15-5-7-16(8-6-15)13-3-4-13/h11-13H,3-10,14H2,1-2H3. The zero-order valence-electron chi connectivity index (χ0n) is 10.9. The SMILES string of the molecule is CC(C)C(CN)CN1CCN(C2CC2)CC1. The Balaban J connectivity index is 1.71. The normalized spacial score (nSPS) is 26.2. The number of hydrogen-bond acceptors (Lipinski definition) is 3. The highest BCUT2D eigenvalue weighted by Crippen LogP contribution is 2.27. The molecule has 1 heterocycles. The molecule has 1 aliphatic carbocycles. The molecular weight excluding hydrogens is 198 g/mol. The highest BCUT2D eigenvalue weighted by atomic mass is 15.3. The van der Waals surface area contributed by atoms with E-state index < -0.39 is 0 Å². The van der Waals surface area contributed by atoms with Gasteiger partial charge in [0.15, 0.2) is 0 Å². The van der Waals surface area contributed by atoms with Crippen molar-refractivity contribution < 1.29 is 0 Å².